The van der Waals surface area contributed by atoms with Gasteiger partial charge in [0.25, 0.3) is 0 Å². The van der Waals surface area contributed by atoms with E-state index in [9.17, 15) is 9.59 Å². The molecule has 2 rings (SSSR count). The number of carbonyl (C=O) groups is 2. The van der Waals surface area contributed by atoms with Gasteiger partial charge in [0.15, 0.2) is 0 Å². The van der Waals surface area contributed by atoms with Crippen LogP contribution in [0.1, 0.15) is 38.2 Å². The predicted octanol–water partition coefficient (Wildman–Crippen LogP) is 2.02. The number of aryl methyl sites for hydroxylation is 1. The molecule has 0 spiro atoms. The molecule has 1 fully saturated rings. The number of carbonyl (C=O) groups excluding carboxylic acids is 2. The quantitative estimate of drug-likeness (QED) is 0.811. The molecule has 0 radical (unpaired) electrons. The lowest BCUT2D eigenvalue weighted by Gasteiger charge is -2.29. The highest BCUT2D eigenvalue weighted by Crippen LogP contribution is 2.23. The maximum atomic E-state index is 11.9. The molecule has 2 unspecified atom stereocenters. The van der Waals surface area contributed by atoms with Gasteiger partial charge in [-0.05, 0) is 43.4 Å². The number of nitrogens with one attached hydrogen (secondary N) is 2. The lowest BCUT2D eigenvalue weighted by Crippen LogP contribution is -2.45. The standard InChI is InChI=1S/C15H21N3O2/c1-10-7-8-16-13(9-10)18-15(20)14(19)17-12-6-4-3-5-11(12)2/h7-9,11-12H,3-6H2,1-2H3,(H,17,19)(H,16,18,20). The van der Waals surface area contributed by atoms with Crippen molar-refractivity contribution in [2.24, 2.45) is 5.92 Å². The van der Waals surface area contributed by atoms with Gasteiger partial charge < -0.3 is 10.6 Å². The van der Waals surface area contributed by atoms with Gasteiger partial charge in [-0.25, -0.2) is 4.98 Å². The Morgan fingerprint density at radius 2 is 2.00 bits per heavy atom. The molecule has 1 aromatic rings. The zero-order chi connectivity index (χ0) is 14.5. The van der Waals surface area contributed by atoms with E-state index in [1.54, 1.807) is 12.3 Å². The first-order valence-corrected chi connectivity index (χ1v) is 7.11. The van der Waals surface area contributed by atoms with Crippen LogP contribution in [0.2, 0.25) is 0 Å². The Balaban J connectivity index is 1.90. The van der Waals surface area contributed by atoms with Crippen LogP contribution in [-0.2, 0) is 9.59 Å². The van der Waals surface area contributed by atoms with Crippen LogP contribution in [0.4, 0.5) is 5.82 Å². The molecular formula is C15H21N3O2. The van der Waals surface area contributed by atoms with Gasteiger partial charge in [-0.2, -0.15) is 0 Å². The summed E-state index contributed by atoms with van der Waals surface area (Å²) in [6, 6.07) is 3.67. The van der Waals surface area contributed by atoms with E-state index in [4.69, 9.17) is 0 Å². The van der Waals surface area contributed by atoms with Crippen molar-refractivity contribution in [2.45, 2.75) is 45.6 Å². The molecule has 1 aliphatic rings. The van der Waals surface area contributed by atoms with E-state index in [-0.39, 0.29) is 6.04 Å². The van der Waals surface area contributed by atoms with Crippen molar-refractivity contribution in [3.05, 3.63) is 23.9 Å². The second kappa shape index (κ2) is 6.50. The fourth-order valence-corrected chi connectivity index (χ4v) is 2.54. The number of pyridine rings is 1. The number of hydrogen-bond acceptors (Lipinski definition) is 3. The van der Waals surface area contributed by atoms with Crippen LogP contribution in [0, 0.1) is 12.8 Å². The van der Waals surface area contributed by atoms with Crippen molar-refractivity contribution in [2.75, 3.05) is 5.32 Å². The molecule has 5 nitrogen and oxygen atoms in total. The summed E-state index contributed by atoms with van der Waals surface area (Å²) in [4.78, 5) is 27.7. The van der Waals surface area contributed by atoms with E-state index in [0.717, 1.165) is 24.8 Å². The van der Waals surface area contributed by atoms with E-state index in [0.29, 0.717) is 11.7 Å². The Labute approximate surface area is 119 Å². The van der Waals surface area contributed by atoms with Crippen molar-refractivity contribution in [3.8, 4) is 0 Å². The van der Waals surface area contributed by atoms with Gasteiger partial charge in [-0.1, -0.05) is 19.8 Å². The molecular weight excluding hydrogens is 254 g/mol. The summed E-state index contributed by atoms with van der Waals surface area (Å²) in [5.74, 6) is -0.396. The number of nitrogens with zero attached hydrogens (tertiary/aromatic N) is 1. The van der Waals surface area contributed by atoms with Crippen LogP contribution in [0.5, 0.6) is 0 Å². The Morgan fingerprint density at radius 1 is 1.25 bits per heavy atom. The minimum atomic E-state index is -0.652. The van der Waals surface area contributed by atoms with Gasteiger partial charge in [-0.15, -0.1) is 0 Å². The molecule has 0 saturated heterocycles. The summed E-state index contributed by atoms with van der Waals surface area (Å²) in [5, 5.41) is 5.35. The minimum absolute atomic E-state index is 0.104. The monoisotopic (exact) mass is 275 g/mol. The molecule has 5 heteroatoms. The largest absolute Gasteiger partial charge is 0.345 e. The van der Waals surface area contributed by atoms with Gasteiger partial charge >= 0.3 is 11.8 Å². The van der Waals surface area contributed by atoms with Crippen molar-refractivity contribution < 1.29 is 9.59 Å². The lowest BCUT2D eigenvalue weighted by molar-refractivity contribution is -0.137. The van der Waals surface area contributed by atoms with E-state index in [1.807, 2.05) is 13.0 Å². The van der Waals surface area contributed by atoms with E-state index >= 15 is 0 Å². The topological polar surface area (TPSA) is 71.1 Å². The van der Waals surface area contributed by atoms with Crippen molar-refractivity contribution in [1.29, 1.82) is 0 Å². The average Bonchev–Trinajstić information content (AvgIpc) is 2.41. The molecule has 20 heavy (non-hydrogen) atoms. The zero-order valence-electron chi connectivity index (χ0n) is 12.0. The van der Waals surface area contributed by atoms with Gasteiger partial charge in [0.05, 0.1) is 0 Å². The number of hydrogen-bond donors (Lipinski definition) is 2. The Morgan fingerprint density at radius 3 is 2.70 bits per heavy atom. The predicted molar refractivity (Wildman–Crippen MR) is 77.2 cm³/mol. The van der Waals surface area contributed by atoms with Crippen LogP contribution < -0.4 is 10.6 Å². The van der Waals surface area contributed by atoms with Crippen molar-refractivity contribution in [3.63, 3.8) is 0 Å². The average molecular weight is 275 g/mol. The first-order chi connectivity index (χ1) is 9.56. The molecule has 1 heterocycles. The SMILES string of the molecule is Cc1ccnc(NC(=O)C(=O)NC2CCCCC2C)c1. The molecule has 0 aliphatic heterocycles. The third-order valence-corrected chi connectivity index (χ3v) is 3.79. The van der Waals surface area contributed by atoms with E-state index in [2.05, 4.69) is 22.5 Å². The molecule has 0 bridgehead atoms. The molecule has 0 aromatic carbocycles. The minimum Gasteiger partial charge on any atom is -0.345 e. The number of aromatic nitrogens is 1. The van der Waals surface area contributed by atoms with Crippen LogP contribution in [0.25, 0.3) is 0 Å². The highest BCUT2D eigenvalue weighted by Gasteiger charge is 2.25. The first-order valence-electron chi connectivity index (χ1n) is 7.11. The molecule has 1 aliphatic carbocycles. The summed E-state index contributed by atoms with van der Waals surface area (Å²) >= 11 is 0. The smallest absolute Gasteiger partial charge is 0.314 e. The third-order valence-electron chi connectivity index (χ3n) is 3.79. The highest BCUT2D eigenvalue weighted by molar-refractivity contribution is 6.39. The second-order valence-corrected chi connectivity index (χ2v) is 5.51. The van der Waals surface area contributed by atoms with Gasteiger partial charge in [0, 0.05) is 12.2 Å². The third kappa shape index (κ3) is 3.79. The lowest BCUT2D eigenvalue weighted by atomic mass is 9.86. The second-order valence-electron chi connectivity index (χ2n) is 5.51. The molecule has 1 aromatic heterocycles. The number of amides is 2. The molecule has 108 valence electrons. The summed E-state index contributed by atoms with van der Waals surface area (Å²) in [6.45, 7) is 4.02. The maximum absolute atomic E-state index is 11.9. The molecule has 1 saturated carbocycles. The summed E-state index contributed by atoms with van der Waals surface area (Å²) in [7, 11) is 0. The number of rotatable bonds is 2. The summed E-state index contributed by atoms with van der Waals surface area (Å²) in [5.41, 5.74) is 0.983. The number of anilines is 1. The fraction of sp³-hybridized carbons (Fsp3) is 0.533. The molecule has 2 atom stereocenters. The summed E-state index contributed by atoms with van der Waals surface area (Å²) < 4.78 is 0. The zero-order valence-corrected chi connectivity index (χ0v) is 12.0. The summed E-state index contributed by atoms with van der Waals surface area (Å²) in [6.07, 6.45) is 5.96. The van der Waals surface area contributed by atoms with Crippen molar-refractivity contribution >= 4 is 17.6 Å². The van der Waals surface area contributed by atoms with Crippen LogP contribution in [-0.4, -0.2) is 22.8 Å². The van der Waals surface area contributed by atoms with Crippen molar-refractivity contribution in [1.82, 2.24) is 10.3 Å². The van der Waals surface area contributed by atoms with Crippen LogP contribution in [0.15, 0.2) is 18.3 Å². The normalized spacial score (nSPS) is 22.1. The fourth-order valence-electron chi connectivity index (χ4n) is 2.54. The molecule has 2 amide bonds. The van der Waals surface area contributed by atoms with Gasteiger partial charge in [-0.3, -0.25) is 9.59 Å². The van der Waals surface area contributed by atoms with Crippen LogP contribution in [0.3, 0.4) is 0 Å². The van der Waals surface area contributed by atoms with E-state index < -0.39 is 11.8 Å². The van der Waals surface area contributed by atoms with Gasteiger partial charge in [0.2, 0.25) is 0 Å². The van der Waals surface area contributed by atoms with Crippen LogP contribution >= 0.6 is 0 Å². The Bertz CT molecular complexity index is 502. The Kier molecular flexibility index (Phi) is 4.71. The molecule has 2 N–H and O–H groups in total. The Hall–Kier alpha value is -1.91. The van der Waals surface area contributed by atoms with Gasteiger partial charge in [0.1, 0.15) is 5.82 Å². The van der Waals surface area contributed by atoms with E-state index in [1.165, 1.54) is 6.42 Å². The highest BCUT2D eigenvalue weighted by atomic mass is 16.2. The maximum Gasteiger partial charge on any atom is 0.314 e. The first kappa shape index (κ1) is 14.5.